The van der Waals surface area contributed by atoms with E-state index in [1.165, 1.54) is 0 Å². The SMILES string of the molecule is O=C1CC[C@@H](C=C=CBr)O1. The fourth-order valence-electron chi connectivity index (χ4n) is 0.808. The van der Waals surface area contributed by atoms with Crippen molar-refractivity contribution in [2.24, 2.45) is 0 Å². The van der Waals surface area contributed by atoms with Crippen LogP contribution in [0, 0.1) is 0 Å². The van der Waals surface area contributed by atoms with Crippen LogP contribution in [-0.2, 0) is 9.53 Å². The summed E-state index contributed by atoms with van der Waals surface area (Å²) in [5.41, 5.74) is 2.80. The molecule has 0 saturated carbocycles. The summed E-state index contributed by atoms with van der Waals surface area (Å²) in [6, 6.07) is 0. The maximum atomic E-state index is 10.5. The molecule has 1 atom stereocenters. The molecule has 0 radical (unpaired) electrons. The molecule has 1 aliphatic rings. The minimum absolute atomic E-state index is 0.0544. The molecule has 1 fully saturated rings. The highest BCUT2D eigenvalue weighted by Gasteiger charge is 2.20. The van der Waals surface area contributed by atoms with Gasteiger partial charge in [0.25, 0.3) is 0 Å². The van der Waals surface area contributed by atoms with E-state index in [1.54, 1.807) is 11.1 Å². The Bertz CT molecular complexity index is 192. The Morgan fingerprint density at radius 3 is 3.10 bits per heavy atom. The summed E-state index contributed by atoms with van der Waals surface area (Å²) >= 11 is 3.06. The number of esters is 1. The zero-order valence-electron chi connectivity index (χ0n) is 5.34. The lowest BCUT2D eigenvalue weighted by Gasteiger charge is -1.97. The summed E-state index contributed by atoms with van der Waals surface area (Å²) in [4.78, 5) is 12.1. The van der Waals surface area contributed by atoms with Crippen molar-refractivity contribution in [1.29, 1.82) is 0 Å². The van der Waals surface area contributed by atoms with E-state index >= 15 is 0 Å². The predicted molar refractivity (Wildman–Crippen MR) is 40.7 cm³/mol. The molecular weight excluding hydrogens is 196 g/mol. The van der Waals surface area contributed by atoms with Crippen LogP contribution in [0.5, 0.6) is 0 Å². The van der Waals surface area contributed by atoms with Gasteiger partial charge in [-0.3, -0.25) is 4.79 Å². The number of ether oxygens (including phenoxy) is 1. The number of carbonyl (C=O) groups excluding carboxylic acids is 1. The molecular formula is C7H7BrO2. The predicted octanol–water partition coefficient (Wildman–Crippen LogP) is 1.76. The maximum Gasteiger partial charge on any atom is 0.306 e. The average molecular weight is 203 g/mol. The first-order valence-corrected chi connectivity index (χ1v) is 3.95. The van der Waals surface area contributed by atoms with Gasteiger partial charge in [-0.1, -0.05) is 15.9 Å². The number of carbonyl (C=O) groups is 1. The van der Waals surface area contributed by atoms with Crippen molar-refractivity contribution in [3.8, 4) is 0 Å². The molecule has 0 aromatic rings. The second kappa shape index (κ2) is 3.59. The first-order chi connectivity index (χ1) is 4.83. The Morgan fingerprint density at radius 2 is 2.60 bits per heavy atom. The molecule has 1 rings (SSSR count). The van der Waals surface area contributed by atoms with Crippen LogP contribution >= 0.6 is 15.9 Å². The average Bonchev–Trinajstić information content (AvgIpc) is 2.31. The quantitative estimate of drug-likeness (QED) is 0.479. The molecule has 0 bridgehead atoms. The van der Waals surface area contributed by atoms with Gasteiger partial charge in [0.15, 0.2) is 0 Å². The Morgan fingerprint density at radius 1 is 1.80 bits per heavy atom. The van der Waals surface area contributed by atoms with Crippen LogP contribution in [0.4, 0.5) is 0 Å². The van der Waals surface area contributed by atoms with Gasteiger partial charge in [0.2, 0.25) is 0 Å². The van der Waals surface area contributed by atoms with Gasteiger partial charge in [-0.2, -0.15) is 0 Å². The number of hydrogen-bond acceptors (Lipinski definition) is 2. The molecule has 1 saturated heterocycles. The fourth-order valence-corrected chi connectivity index (χ4v) is 0.960. The lowest BCUT2D eigenvalue weighted by molar-refractivity contribution is -0.139. The Hall–Kier alpha value is -0.530. The third kappa shape index (κ3) is 2.01. The second-order valence-electron chi connectivity index (χ2n) is 2.01. The monoisotopic (exact) mass is 202 g/mol. The normalized spacial score (nSPS) is 23.3. The van der Waals surface area contributed by atoms with Gasteiger partial charge in [-0.05, 0) is 12.5 Å². The van der Waals surface area contributed by atoms with Crippen molar-refractivity contribution >= 4 is 21.9 Å². The van der Waals surface area contributed by atoms with E-state index in [-0.39, 0.29) is 12.1 Å². The van der Waals surface area contributed by atoms with E-state index in [1.807, 2.05) is 0 Å². The maximum absolute atomic E-state index is 10.5. The van der Waals surface area contributed by atoms with Gasteiger partial charge in [0.1, 0.15) is 6.10 Å². The number of rotatable bonds is 1. The molecule has 3 heteroatoms. The Kier molecular flexibility index (Phi) is 2.72. The van der Waals surface area contributed by atoms with Gasteiger partial charge in [0.05, 0.1) is 0 Å². The third-order valence-corrected chi connectivity index (χ3v) is 1.53. The van der Waals surface area contributed by atoms with Crippen molar-refractivity contribution < 1.29 is 9.53 Å². The first kappa shape index (κ1) is 7.58. The van der Waals surface area contributed by atoms with Gasteiger partial charge in [-0.15, -0.1) is 5.73 Å². The second-order valence-corrected chi connectivity index (χ2v) is 2.47. The van der Waals surface area contributed by atoms with Crippen LogP contribution in [0.25, 0.3) is 0 Å². The van der Waals surface area contributed by atoms with Crippen molar-refractivity contribution in [3.05, 3.63) is 16.8 Å². The highest BCUT2D eigenvalue weighted by atomic mass is 79.9. The number of halogens is 1. The number of cyclic esters (lactones) is 1. The zero-order chi connectivity index (χ0) is 7.40. The van der Waals surface area contributed by atoms with Crippen molar-refractivity contribution in [1.82, 2.24) is 0 Å². The topological polar surface area (TPSA) is 26.3 Å². The van der Waals surface area contributed by atoms with E-state index in [9.17, 15) is 4.79 Å². The van der Waals surface area contributed by atoms with Crippen molar-refractivity contribution in [3.63, 3.8) is 0 Å². The Labute approximate surface area is 67.7 Å². The van der Waals surface area contributed by atoms with Crippen molar-refractivity contribution in [2.45, 2.75) is 18.9 Å². The standard InChI is InChI=1S/C7H7BrO2/c8-5-1-2-6-3-4-7(9)10-6/h2,5-6H,3-4H2/t1?,6-/m1/s1. The molecule has 0 aliphatic carbocycles. The smallest absolute Gasteiger partial charge is 0.306 e. The van der Waals surface area contributed by atoms with Crippen molar-refractivity contribution in [2.75, 3.05) is 0 Å². The largest absolute Gasteiger partial charge is 0.457 e. The fraction of sp³-hybridized carbons (Fsp3) is 0.429. The lowest BCUT2D eigenvalue weighted by atomic mass is 10.2. The van der Waals surface area contributed by atoms with Crippen LogP contribution < -0.4 is 0 Å². The van der Waals surface area contributed by atoms with E-state index < -0.39 is 0 Å². The Balaban J connectivity index is 2.45. The van der Waals surface area contributed by atoms with Crippen LogP contribution in [-0.4, -0.2) is 12.1 Å². The molecule has 10 heavy (non-hydrogen) atoms. The summed E-state index contributed by atoms with van der Waals surface area (Å²) in [7, 11) is 0. The molecule has 1 heterocycles. The van der Waals surface area contributed by atoms with Crippen LogP contribution in [0.1, 0.15) is 12.8 Å². The van der Waals surface area contributed by atoms with Crippen LogP contribution in [0.15, 0.2) is 16.8 Å². The van der Waals surface area contributed by atoms with Crippen LogP contribution in [0.3, 0.4) is 0 Å². The molecule has 1 aliphatic heterocycles. The summed E-state index contributed by atoms with van der Waals surface area (Å²) in [6.07, 6.45) is 3.00. The molecule has 0 unspecified atom stereocenters. The molecule has 0 aromatic heterocycles. The summed E-state index contributed by atoms with van der Waals surface area (Å²) < 4.78 is 4.87. The minimum Gasteiger partial charge on any atom is -0.457 e. The van der Waals surface area contributed by atoms with Gasteiger partial charge >= 0.3 is 5.97 Å². The van der Waals surface area contributed by atoms with E-state index in [0.717, 1.165) is 6.42 Å². The highest BCUT2D eigenvalue weighted by molar-refractivity contribution is 9.11. The van der Waals surface area contributed by atoms with E-state index in [4.69, 9.17) is 4.74 Å². The molecule has 0 amide bonds. The highest BCUT2D eigenvalue weighted by Crippen LogP contribution is 2.13. The van der Waals surface area contributed by atoms with Gasteiger partial charge in [-0.25, -0.2) is 0 Å². The van der Waals surface area contributed by atoms with Gasteiger partial charge in [0, 0.05) is 11.4 Å². The van der Waals surface area contributed by atoms with Gasteiger partial charge < -0.3 is 4.74 Å². The zero-order valence-corrected chi connectivity index (χ0v) is 6.93. The molecule has 0 N–H and O–H groups in total. The molecule has 0 spiro atoms. The molecule has 0 aromatic carbocycles. The number of hydrogen-bond donors (Lipinski definition) is 0. The summed E-state index contributed by atoms with van der Waals surface area (Å²) in [5.74, 6) is -0.113. The van der Waals surface area contributed by atoms with E-state index in [0.29, 0.717) is 6.42 Å². The third-order valence-electron chi connectivity index (χ3n) is 1.26. The molecule has 2 nitrogen and oxygen atoms in total. The minimum atomic E-state index is -0.113. The summed E-state index contributed by atoms with van der Waals surface area (Å²) in [5, 5.41) is 0. The first-order valence-electron chi connectivity index (χ1n) is 3.03. The molecule has 54 valence electrons. The lowest BCUT2D eigenvalue weighted by Crippen LogP contribution is -2.01. The summed E-state index contributed by atoms with van der Waals surface area (Å²) in [6.45, 7) is 0. The van der Waals surface area contributed by atoms with E-state index in [2.05, 4.69) is 21.7 Å². The van der Waals surface area contributed by atoms with Crippen LogP contribution in [0.2, 0.25) is 0 Å².